The van der Waals surface area contributed by atoms with E-state index >= 15 is 0 Å². The number of aliphatic carboxylic acids is 1. The maximum absolute atomic E-state index is 11.9. The number of carbonyl (C=O) groups excluding carboxylic acids is 1. The quantitative estimate of drug-likeness (QED) is 0.659. The molecule has 0 aliphatic heterocycles. The zero-order valence-corrected chi connectivity index (χ0v) is 11.9. The van der Waals surface area contributed by atoms with E-state index in [2.05, 4.69) is 10.3 Å². The van der Waals surface area contributed by atoms with Gasteiger partial charge in [-0.05, 0) is 31.0 Å². The van der Waals surface area contributed by atoms with E-state index in [1.165, 1.54) is 0 Å². The maximum Gasteiger partial charge on any atom is 0.337 e. The summed E-state index contributed by atoms with van der Waals surface area (Å²) in [6.07, 6.45) is 1.90. The van der Waals surface area contributed by atoms with Crippen LogP contribution in [0.15, 0.2) is 24.4 Å². The van der Waals surface area contributed by atoms with Crippen LogP contribution in [0.4, 0.5) is 0 Å². The molecule has 0 saturated carbocycles. The minimum atomic E-state index is -1.97. The number of aliphatic hydroxyl groups is 1. The zero-order chi connectivity index (χ0) is 15.6. The van der Waals surface area contributed by atoms with Gasteiger partial charge in [0.05, 0.1) is 13.0 Å². The highest BCUT2D eigenvalue weighted by molar-refractivity contribution is 5.91. The van der Waals surface area contributed by atoms with Gasteiger partial charge in [0.1, 0.15) is 0 Å². The number of aryl methyl sites for hydroxylation is 1. The molecule has 6 heteroatoms. The number of benzene rings is 1. The van der Waals surface area contributed by atoms with Gasteiger partial charge in [-0.1, -0.05) is 12.1 Å². The molecule has 0 aliphatic carbocycles. The normalized spacial score (nSPS) is 13.9. The smallest absolute Gasteiger partial charge is 0.337 e. The monoisotopic (exact) mass is 290 g/mol. The average molecular weight is 290 g/mol. The van der Waals surface area contributed by atoms with Gasteiger partial charge in [-0.25, -0.2) is 4.79 Å². The number of aromatic amines is 1. The van der Waals surface area contributed by atoms with Crippen molar-refractivity contribution in [3.05, 3.63) is 35.5 Å². The molecule has 0 radical (unpaired) electrons. The molecule has 1 atom stereocenters. The Morgan fingerprint density at radius 1 is 1.38 bits per heavy atom. The van der Waals surface area contributed by atoms with Crippen LogP contribution >= 0.6 is 0 Å². The third kappa shape index (κ3) is 3.22. The van der Waals surface area contributed by atoms with E-state index in [4.69, 9.17) is 5.11 Å². The Kier molecular flexibility index (Phi) is 3.99. The highest BCUT2D eigenvalue weighted by atomic mass is 16.4. The van der Waals surface area contributed by atoms with Crippen LogP contribution in [0.25, 0.3) is 10.9 Å². The number of nitrogens with one attached hydrogen (secondary N) is 2. The van der Waals surface area contributed by atoms with Crippen molar-refractivity contribution in [2.75, 3.05) is 6.54 Å². The molecular weight excluding hydrogens is 272 g/mol. The van der Waals surface area contributed by atoms with Crippen LogP contribution in [0.5, 0.6) is 0 Å². The van der Waals surface area contributed by atoms with E-state index < -0.39 is 11.6 Å². The summed E-state index contributed by atoms with van der Waals surface area (Å²) in [6, 6.07) is 5.83. The Hall–Kier alpha value is -2.34. The van der Waals surface area contributed by atoms with E-state index in [0.717, 1.165) is 29.0 Å². The van der Waals surface area contributed by atoms with Crippen LogP contribution in [0.2, 0.25) is 0 Å². The number of rotatable bonds is 5. The highest BCUT2D eigenvalue weighted by Gasteiger charge is 2.30. The van der Waals surface area contributed by atoms with Gasteiger partial charge in [0.25, 0.3) is 0 Å². The maximum atomic E-state index is 11.9. The summed E-state index contributed by atoms with van der Waals surface area (Å²) in [7, 11) is 0. The minimum Gasteiger partial charge on any atom is -0.479 e. The summed E-state index contributed by atoms with van der Waals surface area (Å²) >= 11 is 0. The van der Waals surface area contributed by atoms with E-state index in [-0.39, 0.29) is 18.9 Å². The summed E-state index contributed by atoms with van der Waals surface area (Å²) in [5.74, 6) is -1.70. The van der Waals surface area contributed by atoms with Crippen LogP contribution in [0, 0.1) is 6.92 Å². The molecule has 1 amide bonds. The van der Waals surface area contributed by atoms with Crippen molar-refractivity contribution in [2.45, 2.75) is 25.9 Å². The lowest BCUT2D eigenvalue weighted by molar-refractivity contribution is -0.156. The first-order valence-electron chi connectivity index (χ1n) is 6.59. The number of fused-ring (bicyclic) bond motifs is 1. The van der Waals surface area contributed by atoms with Crippen molar-refractivity contribution in [3.8, 4) is 0 Å². The lowest BCUT2D eigenvalue weighted by atomic mass is 10.0. The Bertz CT molecular complexity index is 688. The van der Waals surface area contributed by atoms with Crippen molar-refractivity contribution >= 4 is 22.8 Å². The summed E-state index contributed by atoms with van der Waals surface area (Å²) in [5.41, 5.74) is 0.895. The first-order chi connectivity index (χ1) is 9.81. The molecule has 2 aromatic rings. The fraction of sp³-hybridized carbons (Fsp3) is 0.333. The Balaban J connectivity index is 2.07. The van der Waals surface area contributed by atoms with Crippen LogP contribution in [-0.4, -0.2) is 39.2 Å². The Morgan fingerprint density at radius 3 is 2.76 bits per heavy atom. The van der Waals surface area contributed by atoms with Gasteiger partial charge in [-0.15, -0.1) is 0 Å². The minimum absolute atomic E-state index is 0.126. The molecule has 4 N–H and O–H groups in total. The van der Waals surface area contributed by atoms with Gasteiger partial charge >= 0.3 is 5.97 Å². The number of hydrogen-bond acceptors (Lipinski definition) is 3. The molecule has 0 fully saturated rings. The van der Waals surface area contributed by atoms with Crippen molar-refractivity contribution in [2.24, 2.45) is 0 Å². The Labute approximate surface area is 121 Å². The summed E-state index contributed by atoms with van der Waals surface area (Å²) in [4.78, 5) is 25.8. The number of hydrogen-bond donors (Lipinski definition) is 4. The largest absolute Gasteiger partial charge is 0.479 e. The van der Waals surface area contributed by atoms with E-state index in [0.29, 0.717) is 0 Å². The van der Waals surface area contributed by atoms with Crippen molar-refractivity contribution in [3.63, 3.8) is 0 Å². The third-order valence-electron chi connectivity index (χ3n) is 3.44. The summed E-state index contributed by atoms with van der Waals surface area (Å²) in [5, 5.41) is 21.8. The average Bonchev–Trinajstić information content (AvgIpc) is 2.81. The summed E-state index contributed by atoms with van der Waals surface area (Å²) in [6.45, 7) is 2.78. The Morgan fingerprint density at radius 2 is 2.10 bits per heavy atom. The van der Waals surface area contributed by atoms with Crippen LogP contribution in [0.3, 0.4) is 0 Å². The lowest BCUT2D eigenvalue weighted by Gasteiger charge is -2.18. The predicted octanol–water partition coefficient (Wildman–Crippen LogP) is 0.971. The van der Waals surface area contributed by atoms with Crippen molar-refractivity contribution in [1.29, 1.82) is 0 Å². The highest BCUT2D eigenvalue weighted by Crippen LogP contribution is 2.22. The molecule has 0 aliphatic rings. The number of amides is 1. The van der Waals surface area contributed by atoms with Gasteiger partial charge in [-0.2, -0.15) is 0 Å². The molecule has 1 aromatic carbocycles. The van der Waals surface area contributed by atoms with E-state index in [9.17, 15) is 14.7 Å². The third-order valence-corrected chi connectivity index (χ3v) is 3.44. The van der Waals surface area contributed by atoms with Crippen LogP contribution < -0.4 is 5.32 Å². The molecule has 2 rings (SSSR count). The number of aromatic nitrogens is 1. The van der Waals surface area contributed by atoms with Gasteiger partial charge in [0.15, 0.2) is 5.60 Å². The van der Waals surface area contributed by atoms with Gasteiger partial charge in [0.2, 0.25) is 5.91 Å². The summed E-state index contributed by atoms with van der Waals surface area (Å²) < 4.78 is 0. The molecule has 1 unspecified atom stereocenters. The molecule has 0 bridgehead atoms. The number of carboxylic acid groups (broad SMARTS) is 1. The lowest BCUT2D eigenvalue weighted by Crippen LogP contribution is -2.46. The fourth-order valence-electron chi connectivity index (χ4n) is 2.17. The molecule has 6 nitrogen and oxygen atoms in total. The predicted molar refractivity (Wildman–Crippen MR) is 78.0 cm³/mol. The zero-order valence-electron chi connectivity index (χ0n) is 11.9. The number of carbonyl (C=O) groups is 2. The molecule has 21 heavy (non-hydrogen) atoms. The standard InChI is InChI=1S/C15H18N2O4/c1-9-4-3-5-11-13(9)10(7-16-11)6-12(18)17-8-15(2,21)14(19)20/h3-5,7,16,21H,6,8H2,1-2H3,(H,17,18)(H,19,20). The molecule has 1 aromatic heterocycles. The number of H-pyrrole nitrogens is 1. The molecule has 0 spiro atoms. The first-order valence-corrected chi connectivity index (χ1v) is 6.59. The molecule has 1 heterocycles. The van der Waals surface area contributed by atoms with E-state index in [1.54, 1.807) is 6.20 Å². The molecular formula is C15H18N2O4. The van der Waals surface area contributed by atoms with Gasteiger partial charge < -0.3 is 20.5 Å². The fourth-order valence-corrected chi connectivity index (χ4v) is 2.17. The van der Waals surface area contributed by atoms with E-state index in [1.807, 2.05) is 25.1 Å². The molecule has 112 valence electrons. The van der Waals surface area contributed by atoms with Crippen LogP contribution in [-0.2, 0) is 16.0 Å². The second kappa shape index (κ2) is 5.57. The second-order valence-corrected chi connectivity index (χ2v) is 5.34. The van der Waals surface area contributed by atoms with Gasteiger partial charge in [-0.3, -0.25) is 4.79 Å². The molecule has 0 saturated heterocycles. The number of carboxylic acids is 1. The first kappa shape index (κ1) is 15.1. The van der Waals surface area contributed by atoms with Gasteiger partial charge in [0, 0.05) is 17.1 Å². The second-order valence-electron chi connectivity index (χ2n) is 5.34. The topological polar surface area (TPSA) is 102 Å². The van der Waals surface area contributed by atoms with Crippen molar-refractivity contribution < 1.29 is 19.8 Å². The van der Waals surface area contributed by atoms with Crippen molar-refractivity contribution in [1.82, 2.24) is 10.3 Å². The SMILES string of the molecule is Cc1cccc2[nH]cc(CC(=O)NCC(C)(O)C(=O)O)c12. The van der Waals surface area contributed by atoms with Crippen LogP contribution in [0.1, 0.15) is 18.1 Å².